The van der Waals surface area contributed by atoms with E-state index in [-0.39, 0.29) is 5.78 Å². The van der Waals surface area contributed by atoms with E-state index in [1.165, 1.54) is 5.56 Å². The Hall–Kier alpha value is -1.25. The summed E-state index contributed by atoms with van der Waals surface area (Å²) in [5.41, 5.74) is 1.94. The van der Waals surface area contributed by atoms with E-state index in [1.54, 1.807) is 18.7 Å². The van der Waals surface area contributed by atoms with Crippen LogP contribution >= 0.6 is 23.4 Å². The molecule has 2 aromatic rings. The van der Waals surface area contributed by atoms with E-state index in [0.29, 0.717) is 0 Å². The molecular formula is C15H13ClOS. The first-order valence-electron chi connectivity index (χ1n) is 5.63. The molecule has 0 radical (unpaired) electrons. The van der Waals surface area contributed by atoms with Gasteiger partial charge in [0.05, 0.1) is 0 Å². The Balaban J connectivity index is 2.06. The molecule has 0 fully saturated rings. The molecule has 1 nitrogen and oxygen atoms in total. The number of Topliss-reactive ketones (excluding diaryl/α,β-unsaturated/α-hetero) is 1. The first-order valence-corrected chi connectivity index (χ1v) is 7.00. The molecular weight excluding hydrogens is 264 g/mol. The minimum absolute atomic E-state index is 0.0974. The highest BCUT2D eigenvalue weighted by Crippen LogP contribution is 2.24. The maximum absolute atomic E-state index is 11.3. The van der Waals surface area contributed by atoms with Crippen LogP contribution in [0.25, 0.3) is 0 Å². The summed E-state index contributed by atoms with van der Waals surface area (Å²) in [6.07, 6.45) is 0. The SMILES string of the molecule is CC(=O)c1cccc(SCc2cccc(Cl)c2)c1. The van der Waals surface area contributed by atoms with Crippen molar-refractivity contribution in [1.82, 2.24) is 0 Å². The zero-order chi connectivity index (χ0) is 13.0. The van der Waals surface area contributed by atoms with Crippen molar-refractivity contribution in [2.24, 2.45) is 0 Å². The zero-order valence-electron chi connectivity index (χ0n) is 10.0. The van der Waals surface area contributed by atoms with Gasteiger partial charge in [0.2, 0.25) is 0 Å². The number of carbonyl (C=O) groups excluding carboxylic acids is 1. The monoisotopic (exact) mass is 276 g/mol. The van der Waals surface area contributed by atoms with Crippen LogP contribution in [0, 0.1) is 0 Å². The molecule has 0 N–H and O–H groups in total. The Kier molecular flexibility index (Phi) is 4.45. The van der Waals surface area contributed by atoms with Gasteiger partial charge in [0.1, 0.15) is 0 Å². The number of hydrogen-bond donors (Lipinski definition) is 0. The van der Waals surface area contributed by atoms with E-state index in [1.807, 2.05) is 48.5 Å². The van der Waals surface area contributed by atoms with Crippen molar-refractivity contribution in [2.75, 3.05) is 0 Å². The number of benzene rings is 2. The smallest absolute Gasteiger partial charge is 0.159 e. The van der Waals surface area contributed by atoms with Gasteiger partial charge in [-0.1, -0.05) is 35.9 Å². The van der Waals surface area contributed by atoms with Gasteiger partial charge in [-0.25, -0.2) is 0 Å². The van der Waals surface area contributed by atoms with Crippen molar-refractivity contribution in [1.29, 1.82) is 0 Å². The lowest BCUT2D eigenvalue weighted by molar-refractivity contribution is 0.101. The third kappa shape index (κ3) is 3.62. The number of thioether (sulfide) groups is 1. The second kappa shape index (κ2) is 6.07. The lowest BCUT2D eigenvalue weighted by Gasteiger charge is -2.04. The van der Waals surface area contributed by atoms with E-state index < -0.39 is 0 Å². The van der Waals surface area contributed by atoms with Gasteiger partial charge in [0, 0.05) is 21.2 Å². The first kappa shape index (κ1) is 13.2. The minimum atomic E-state index is 0.0974. The van der Waals surface area contributed by atoms with Crippen LogP contribution in [-0.4, -0.2) is 5.78 Å². The maximum atomic E-state index is 11.3. The van der Waals surface area contributed by atoms with Gasteiger partial charge in [0.15, 0.2) is 5.78 Å². The molecule has 0 spiro atoms. The highest BCUT2D eigenvalue weighted by atomic mass is 35.5. The highest BCUT2D eigenvalue weighted by Gasteiger charge is 2.02. The molecule has 92 valence electrons. The van der Waals surface area contributed by atoms with E-state index in [9.17, 15) is 4.79 Å². The standard InChI is InChI=1S/C15H13ClOS/c1-11(17)13-5-3-7-15(9-13)18-10-12-4-2-6-14(16)8-12/h2-9H,10H2,1H3. The molecule has 0 aliphatic rings. The van der Waals surface area contributed by atoms with Crippen molar-refractivity contribution in [3.63, 3.8) is 0 Å². The van der Waals surface area contributed by atoms with Crippen molar-refractivity contribution in [2.45, 2.75) is 17.6 Å². The van der Waals surface area contributed by atoms with Crippen LogP contribution in [0.3, 0.4) is 0 Å². The molecule has 0 saturated carbocycles. The molecule has 0 amide bonds. The van der Waals surface area contributed by atoms with Gasteiger partial charge in [0.25, 0.3) is 0 Å². The summed E-state index contributed by atoms with van der Waals surface area (Å²) in [6.45, 7) is 1.58. The van der Waals surface area contributed by atoms with Crippen LogP contribution in [0.1, 0.15) is 22.8 Å². The van der Waals surface area contributed by atoms with Gasteiger partial charge in [-0.2, -0.15) is 0 Å². The molecule has 0 heterocycles. The van der Waals surface area contributed by atoms with Crippen molar-refractivity contribution >= 4 is 29.1 Å². The fraction of sp³-hybridized carbons (Fsp3) is 0.133. The summed E-state index contributed by atoms with van der Waals surface area (Å²) in [4.78, 5) is 12.4. The molecule has 2 aromatic carbocycles. The Morgan fingerprint density at radius 2 is 1.94 bits per heavy atom. The second-order valence-corrected chi connectivity index (χ2v) is 5.49. The van der Waals surface area contributed by atoms with Crippen molar-refractivity contribution in [3.05, 3.63) is 64.7 Å². The highest BCUT2D eigenvalue weighted by molar-refractivity contribution is 7.98. The predicted octanol–water partition coefficient (Wildman–Crippen LogP) is 4.83. The van der Waals surface area contributed by atoms with Crippen LogP contribution < -0.4 is 0 Å². The van der Waals surface area contributed by atoms with Gasteiger partial charge in [-0.3, -0.25) is 4.79 Å². The van der Waals surface area contributed by atoms with Crippen LogP contribution in [-0.2, 0) is 5.75 Å². The third-order valence-corrected chi connectivity index (χ3v) is 3.84. The van der Waals surface area contributed by atoms with E-state index >= 15 is 0 Å². The lowest BCUT2D eigenvalue weighted by atomic mass is 10.2. The Morgan fingerprint density at radius 1 is 1.17 bits per heavy atom. The van der Waals surface area contributed by atoms with Crippen molar-refractivity contribution < 1.29 is 4.79 Å². The Morgan fingerprint density at radius 3 is 2.67 bits per heavy atom. The third-order valence-electron chi connectivity index (χ3n) is 2.54. The minimum Gasteiger partial charge on any atom is -0.295 e. The predicted molar refractivity (Wildman–Crippen MR) is 77.5 cm³/mol. The Labute approximate surface area is 116 Å². The van der Waals surface area contributed by atoms with Crippen LogP contribution in [0.5, 0.6) is 0 Å². The largest absolute Gasteiger partial charge is 0.295 e. The lowest BCUT2D eigenvalue weighted by Crippen LogP contribution is -1.91. The summed E-state index contributed by atoms with van der Waals surface area (Å²) in [6, 6.07) is 15.5. The number of carbonyl (C=O) groups is 1. The van der Waals surface area contributed by atoms with Gasteiger partial charge in [-0.05, 0) is 36.8 Å². The Bertz CT molecular complexity index is 566. The van der Waals surface area contributed by atoms with Gasteiger partial charge >= 0.3 is 0 Å². The number of rotatable bonds is 4. The summed E-state index contributed by atoms with van der Waals surface area (Å²) in [7, 11) is 0. The molecule has 3 heteroatoms. The fourth-order valence-electron chi connectivity index (χ4n) is 1.60. The van der Waals surface area contributed by atoms with Crippen molar-refractivity contribution in [3.8, 4) is 0 Å². The fourth-order valence-corrected chi connectivity index (χ4v) is 2.71. The second-order valence-electron chi connectivity index (χ2n) is 4.00. The van der Waals surface area contributed by atoms with Crippen LogP contribution in [0.4, 0.5) is 0 Å². The average molecular weight is 277 g/mol. The molecule has 0 aliphatic carbocycles. The molecule has 0 saturated heterocycles. The number of hydrogen-bond acceptors (Lipinski definition) is 2. The van der Waals surface area contributed by atoms with Crippen LogP contribution in [0.15, 0.2) is 53.4 Å². The molecule has 2 rings (SSSR count). The molecule has 0 bridgehead atoms. The molecule has 0 aromatic heterocycles. The molecule has 0 aliphatic heterocycles. The number of ketones is 1. The van der Waals surface area contributed by atoms with E-state index in [0.717, 1.165) is 21.2 Å². The summed E-state index contributed by atoms with van der Waals surface area (Å²) >= 11 is 7.64. The average Bonchev–Trinajstić information content (AvgIpc) is 2.37. The van der Waals surface area contributed by atoms with Gasteiger partial charge in [-0.15, -0.1) is 11.8 Å². The van der Waals surface area contributed by atoms with Crippen LogP contribution in [0.2, 0.25) is 5.02 Å². The van der Waals surface area contributed by atoms with E-state index in [2.05, 4.69) is 0 Å². The molecule has 18 heavy (non-hydrogen) atoms. The summed E-state index contributed by atoms with van der Waals surface area (Å²) < 4.78 is 0. The molecule has 0 atom stereocenters. The first-order chi connectivity index (χ1) is 8.65. The summed E-state index contributed by atoms with van der Waals surface area (Å²) in [5.74, 6) is 0.947. The van der Waals surface area contributed by atoms with E-state index in [4.69, 9.17) is 11.6 Å². The zero-order valence-corrected chi connectivity index (χ0v) is 11.6. The normalized spacial score (nSPS) is 10.3. The number of halogens is 1. The molecule has 0 unspecified atom stereocenters. The quantitative estimate of drug-likeness (QED) is 0.587. The maximum Gasteiger partial charge on any atom is 0.159 e. The summed E-state index contributed by atoms with van der Waals surface area (Å²) in [5, 5.41) is 0.755. The van der Waals surface area contributed by atoms with Gasteiger partial charge < -0.3 is 0 Å². The topological polar surface area (TPSA) is 17.1 Å².